The molecule has 0 rings (SSSR count). The summed E-state index contributed by atoms with van der Waals surface area (Å²) in [4.78, 5) is 31.1. The van der Waals surface area contributed by atoms with Crippen molar-refractivity contribution in [2.45, 2.75) is 71.1 Å². The molecular formula is C18H27N2O5. The molecule has 0 aliphatic rings. The maximum atomic E-state index is 11.1. The average molecular weight is 351 g/mol. The number of hydrogen-bond donors (Lipinski definition) is 0. The first-order valence-corrected chi connectivity index (χ1v) is 8.69. The van der Waals surface area contributed by atoms with Gasteiger partial charge >= 0.3 is 0 Å². The SMILES string of the molecule is CCCCC/C=C\C/C=C(\C/C(=C\CCCC[C]=O)[N+](=O)[O-])[N+](=O)[O-]. The molecule has 7 heteroatoms. The molecule has 0 aromatic rings. The van der Waals surface area contributed by atoms with E-state index in [9.17, 15) is 25.0 Å². The van der Waals surface area contributed by atoms with Crippen LogP contribution in [-0.4, -0.2) is 16.1 Å². The highest BCUT2D eigenvalue weighted by atomic mass is 16.6. The van der Waals surface area contributed by atoms with Gasteiger partial charge in [-0.15, -0.1) is 0 Å². The van der Waals surface area contributed by atoms with Gasteiger partial charge in [-0.05, 0) is 50.7 Å². The van der Waals surface area contributed by atoms with Gasteiger partial charge in [0.25, 0.3) is 11.4 Å². The number of allylic oxidation sites excluding steroid dienone is 4. The Balaban J connectivity index is 4.63. The first kappa shape index (κ1) is 22.7. The molecule has 0 saturated heterocycles. The van der Waals surface area contributed by atoms with Crippen molar-refractivity contribution in [3.8, 4) is 0 Å². The van der Waals surface area contributed by atoms with E-state index in [4.69, 9.17) is 0 Å². The fourth-order valence-corrected chi connectivity index (χ4v) is 2.15. The van der Waals surface area contributed by atoms with Crippen LogP contribution in [0, 0.1) is 20.2 Å². The minimum Gasteiger partial charge on any atom is -0.291 e. The molecule has 0 atom stereocenters. The third-order valence-corrected chi connectivity index (χ3v) is 3.57. The number of rotatable bonds is 15. The Hall–Kier alpha value is -2.31. The van der Waals surface area contributed by atoms with E-state index in [0.717, 1.165) is 25.7 Å². The van der Waals surface area contributed by atoms with Gasteiger partial charge in [-0.25, -0.2) is 0 Å². The Kier molecular flexibility index (Phi) is 13.8. The van der Waals surface area contributed by atoms with Crippen molar-refractivity contribution in [3.05, 3.63) is 55.9 Å². The maximum Gasteiger partial charge on any atom is 0.253 e. The Bertz CT molecular complexity index is 510. The summed E-state index contributed by atoms with van der Waals surface area (Å²) in [6, 6.07) is 0. The fraction of sp³-hybridized carbons (Fsp3) is 0.611. The Morgan fingerprint density at radius 2 is 1.56 bits per heavy atom. The van der Waals surface area contributed by atoms with Crippen molar-refractivity contribution in [1.82, 2.24) is 0 Å². The van der Waals surface area contributed by atoms with Gasteiger partial charge in [0.05, 0.1) is 9.85 Å². The summed E-state index contributed by atoms with van der Waals surface area (Å²) in [7, 11) is 0. The van der Waals surface area contributed by atoms with Gasteiger partial charge < -0.3 is 0 Å². The minimum absolute atomic E-state index is 0.164. The highest BCUT2D eigenvalue weighted by Gasteiger charge is 2.20. The van der Waals surface area contributed by atoms with Gasteiger partial charge in [-0.2, -0.15) is 0 Å². The van der Waals surface area contributed by atoms with Crippen LogP contribution in [0.5, 0.6) is 0 Å². The highest BCUT2D eigenvalue weighted by molar-refractivity contribution is 5.50. The quantitative estimate of drug-likeness (QED) is 0.181. The Morgan fingerprint density at radius 1 is 0.920 bits per heavy atom. The van der Waals surface area contributed by atoms with Crippen LogP contribution in [0.4, 0.5) is 0 Å². The monoisotopic (exact) mass is 351 g/mol. The first-order chi connectivity index (χ1) is 12.0. The summed E-state index contributed by atoms with van der Waals surface area (Å²) in [6.07, 6.45) is 14.8. The van der Waals surface area contributed by atoms with Crippen molar-refractivity contribution in [1.29, 1.82) is 0 Å². The van der Waals surface area contributed by atoms with Gasteiger partial charge in [-0.3, -0.25) is 25.0 Å². The number of nitro groups is 2. The summed E-state index contributed by atoms with van der Waals surface area (Å²) in [6.45, 7) is 2.12. The summed E-state index contributed by atoms with van der Waals surface area (Å²) >= 11 is 0. The number of unbranched alkanes of at least 4 members (excludes halogenated alkanes) is 6. The standard InChI is InChI=1S/C18H27N2O5/c1-2-3-4-5-6-7-10-13-17(19(22)23)16-18(20(24)25)14-11-8-9-12-15-21/h6-7,13-14H,2-5,8-12,16H2,1H3/b7-6-,17-13+,18-14+. The first-order valence-electron chi connectivity index (χ1n) is 8.69. The van der Waals surface area contributed by atoms with Crippen LogP contribution in [0.25, 0.3) is 0 Å². The minimum atomic E-state index is -0.580. The molecule has 139 valence electrons. The van der Waals surface area contributed by atoms with Crippen LogP contribution >= 0.6 is 0 Å². The molecule has 0 fully saturated rings. The van der Waals surface area contributed by atoms with Crippen molar-refractivity contribution >= 4 is 6.29 Å². The molecule has 0 aliphatic heterocycles. The molecule has 1 radical (unpaired) electrons. The van der Waals surface area contributed by atoms with Crippen molar-refractivity contribution < 1.29 is 14.6 Å². The van der Waals surface area contributed by atoms with Crippen LogP contribution in [0.1, 0.15) is 71.1 Å². The zero-order chi connectivity index (χ0) is 18.9. The third kappa shape index (κ3) is 12.7. The number of hydrogen-bond acceptors (Lipinski definition) is 5. The molecule has 7 nitrogen and oxygen atoms in total. The second-order valence-electron chi connectivity index (χ2n) is 5.67. The van der Waals surface area contributed by atoms with E-state index >= 15 is 0 Å². The lowest BCUT2D eigenvalue weighted by Crippen LogP contribution is -2.06. The van der Waals surface area contributed by atoms with E-state index in [0.29, 0.717) is 32.1 Å². The van der Waals surface area contributed by atoms with E-state index in [-0.39, 0.29) is 17.8 Å². The van der Waals surface area contributed by atoms with Crippen LogP contribution in [0.2, 0.25) is 0 Å². The largest absolute Gasteiger partial charge is 0.291 e. The molecule has 0 aliphatic carbocycles. The lowest BCUT2D eigenvalue weighted by atomic mass is 10.1. The van der Waals surface area contributed by atoms with Crippen LogP contribution in [0.3, 0.4) is 0 Å². The second kappa shape index (κ2) is 15.2. The van der Waals surface area contributed by atoms with Crippen LogP contribution in [-0.2, 0) is 4.79 Å². The molecule has 0 unspecified atom stereocenters. The molecule has 0 aromatic heterocycles. The molecule has 0 spiro atoms. The zero-order valence-electron chi connectivity index (χ0n) is 14.8. The van der Waals surface area contributed by atoms with E-state index in [1.165, 1.54) is 12.2 Å². The summed E-state index contributed by atoms with van der Waals surface area (Å²) in [5.41, 5.74) is -0.340. The van der Waals surface area contributed by atoms with Gasteiger partial charge in [-0.1, -0.05) is 31.9 Å². The zero-order valence-corrected chi connectivity index (χ0v) is 14.8. The van der Waals surface area contributed by atoms with Crippen molar-refractivity contribution in [2.75, 3.05) is 0 Å². The van der Waals surface area contributed by atoms with Crippen molar-refractivity contribution in [2.24, 2.45) is 0 Å². The second-order valence-corrected chi connectivity index (χ2v) is 5.67. The summed E-state index contributed by atoms with van der Waals surface area (Å²) in [5, 5.41) is 22.2. The average Bonchev–Trinajstić information content (AvgIpc) is 2.57. The number of nitrogens with zero attached hydrogens (tertiary/aromatic N) is 2. The van der Waals surface area contributed by atoms with E-state index in [1.54, 1.807) is 6.29 Å². The molecule has 0 amide bonds. The smallest absolute Gasteiger partial charge is 0.253 e. The van der Waals surface area contributed by atoms with Crippen molar-refractivity contribution in [3.63, 3.8) is 0 Å². The summed E-state index contributed by atoms with van der Waals surface area (Å²) in [5.74, 6) is 0. The predicted molar refractivity (Wildman–Crippen MR) is 96.8 cm³/mol. The van der Waals surface area contributed by atoms with E-state index in [2.05, 4.69) is 6.92 Å². The molecule has 25 heavy (non-hydrogen) atoms. The fourth-order valence-electron chi connectivity index (χ4n) is 2.15. The van der Waals surface area contributed by atoms with Gasteiger partial charge in [0, 0.05) is 6.42 Å². The molecule has 0 heterocycles. The van der Waals surface area contributed by atoms with Gasteiger partial charge in [0.15, 0.2) is 6.29 Å². The normalized spacial score (nSPS) is 12.5. The Labute approximate surface area is 148 Å². The molecule has 0 N–H and O–H groups in total. The molecule has 0 saturated carbocycles. The Morgan fingerprint density at radius 3 is 2.16 bits per heavy atom. The molecule has 0 aromatic carbocycles. The van der Waals surface area contributed by atoms with Crippen LogP contribution in [0.15, 0.2) is 35.7 Å². The third-order valence-electron chi connectivity index (χ3n) is 3.57. The number of carbonyl (C=O) groups excluding carboxylic acids is 1. The molecule has 0 bridgehead atoms. The lowest BCUT2D eigenvalue weighted by Gasteiger charge is -1.99. The van der Waals surface area contributed by atoms with Crippen LogP contribution < -0.4 is 0 Å². The lowest BCUT2D eigenvalue weighted by molar-refractivity contribution is -0.450. The van der Waals surface area contributed by atoms with Gasteiger partial charge in [0.1, 0.15) is 6.42 Å². The van der Waals surface area contributed by atoms with Gasteiger partial charge in [0.2, 0.25) is 0 Å². The summed E-state index contributed by atoms with van der Waals surface area (Å²) < 4.78 is 0. The molecular weight excluding hydrogens is 324 g/mol. The van der Waals surface area contributed by atoms with E-state index < -0.39 is 9.85 Å². The van der Waals surface area contributed by atoms with E-state index in [1.807, 2.05) is 12.2 Å². The topological polar surface area (TPSA) is 103 Å². The maximum absolute atomic E-state index is 11.1. The highest BCUT2D eigenvalue weighted by Crippen LogP contribution is 2.15. The predicted octanol–water partition coefficient (Wildman–Crippen LogP) is 4.89.